The summed E-state index contributed by atoms with van der Waals surface area (Å²) in [6.07, 6.45) is 3.21. The van der Waals surface area contributed by atoms with Crippen molar-refractivity contribution in [3.05, 3.63) is 35.4 Å². The normalized spacial score (nSPS) is 24.1. The SMILES string of the molecule is CN1CCC[C@H](C(=O)N2CCc3ccccc3C2)C1. The molecule has 0 unspecified atom stereocenters. The van der Waals surface area contributed by atoms with E-state index in [0.29, 0.717) is 5.91 Å². The lowest BCUT2D eigenvalue weighted by Gasteiger charge is -2.35. The minimum Gasteiger partial charge on any atom is -0.338 e. The summed E-state index contributed by atoms with van der Waals surface area (Å²) in [4.78, 5) is 17.0. The Morgan fingerprint density at radius 2 is 2.00 bits per heavy atom. The van der Waals surface area contributed by atoms with Crippen LogP contribution >= 0.6 is 0 Å². The van der Waals surface area contributed by atoms with Gasteiger partial charge in [-0.05, 0) is 44.0 Å². The van der Waals surface area contributed by atoms with Crippen LogP contribution in [-0.4, -0.2) is 42.4 Å². The van der Waals surface area contributed by atoms with E-state index in [4.69, 9.17) is 0 Å². The highest BCUT2D eigenvalue weighted by Gasteiger charge is 2.29. The maximum atomic E-state index is 12.6. The lowest BCUT2D eigenvalue weighted by atomic mass is 9.94. The van der Waals surface area contributed by atoms with Crippen LogP contribution in [0, 0.1) is 5.92 Å². The first-order valence-electron chi connectivity index (χ1n) is 7.28. The van der Waals surface area contributed by atoms with Gasteiger partial charge in [-0.2, -0.15) is 0 Å². The molecule has 0 saturated carbocycles. The Morgan fingerprint density at radius 3 is 2.79 bits per heavy atom. The molecule has 1 aromatic rings. The fourth-order valence-corrected chi connectivity index (χ4v) is 3.31. The van der Waals surface area contributed by atoms with Crippen molar-refractivity contribution in [2.45, 2.75) is 25.8 Å². The molecule has 2 aliphatic heterocycles. The lowest BCUT2D eigenvalue weighted by Crippen LogP contribution is -2.45. The van der Waals surface area contributed by atoms with E-state index in [9.17, 15) is 4.79 Å². The van der Waals surface area contributed by atoms with Crippen LogP contribution in [0.25, 0.3) is 0 Å². The number of benzene rings is 1. The van der Waals surface area contributed by atoms with Crippen molar-refractivity contribution < 1.29 is 4.79 Å². The molecule has 0 spiro atoms. The number of fused-ring (bicyclic) bond motifs is 1. The Morgan fingerprint density at radius 1 is 1.21 bits per heavy atom. The Kier molecular flexibility index (Phi) is 3.56. The molecule has 0 bridgehead atoms. The van der Waals surface area contributed by atoms with Crippen molar-refractivity contribution in [1.82, 2.24) is 9.80 Å². The van der Waals surface area contributed by atoms with Crippen LogP contribution in [0.3, 0.4) is 0 Å². The third-order valence-corrected chi connectivity index (χ3v) is 4.42. The lowest BCUT2D eigenvalue weighted by molar-refractivity contribution is -0.138. The number of piperidine rings is 1. The van der Waals surface area contributed by atoms with Crippen molar-refractivity contribution in [3.63, 3.8) is 0 Å². The van der Waals surface area contributed by atoms with Crippen LogP contribution < -0.4 is 0 Å². The van der Waals surface area contributed by atoms with Crippen molar-refractivity contribution >= 4 is 5.91 Å². The van der Waals surface area contributed by atoms with Gasteiger partial charge in [-0.1, -0.05) is 24.3 Å². The van der Waals surface area contributed by atoms with Crippen molar-refractivity contribution in [2.75, 3.05) is 26.7 Å². The molecule has 2 heterocycles. The van der Waals surface area contributed by atoms with E-state index in [1.165, 1.54) is 11.1 Å². The second-order valence-corrected chi connectivity index (χ2v) is 5.88. The Labute approximate surface area is 115 Å². The summed E-state index contributed by atoms with van der Waals surface area (Å²) in [5.41, 5.74) is 2.73. The Hall–Kier alpha value is -1.35. The van der Waals surface area contributed by atoms with Crippen molar-refractivity contribution in [1.29, 1.82) is 0 Å². The van der Waals surface area contributed by atoms with Gasteiger partial charge in [-0.15, -0.1) is 0 Å². The summed E-state index contributed by atoms with van der Waals surface area (Å²) >= 11 is 0. The van der Waals surface area contributed by atoms with Gasteiger partial charge in [0.05, 0.1) is 5.92 Å². The predicted octanol–water partition coefficient (Wildman–Crippen LogP) is 1.91. The maximum absolute atomic E-state index is 12.6. The molecule has 1 amide bonds. The highest BCUT2D eigenvalue weighted by atomic mass is 16.2. The molecule has 0 N–H and O–H groups in total. The molecule has 1 saturated heterocycles. The second kappa shape index (κ2) is 5.33. The van der Waals surface area contributed by atoms with Crippen molar-refractivity contribution in [2.24, 2.45) is 5.92 Å². The number of amides is 1. The molecule has 3 rings (SSSR count). The molecule has 3 nitrogen and oxygen atoms in total. The molecule has 19 heavy (non-hydrogen) atoms. The van der Waals surface area contributed by atoms with E-state index >= 15 is 0 Å². The minimum atomic E-state index is 0.212. The van der Waals surface area contributed by atoms with Crippen LogP contribution in [0.2, 0.25) is 0 Å². The van der Waals surface area contributed by atoms with Crippen LogP contribution in [0.15, 0.2) is 24.3 Å². The summed E-state index contributed by atoms with van der Waals surface area (Å²) in [6, 6.07) is 8.50. The number of carbonyl (C=O) groups is 1. The summed E-state index contributed by atoms with van der Waals surface area (Å²) in [5.74, 6) is 0.574. The molecule has 1 fully saturated rings. The number of likely N-dealkylation sites (tertiary alicyclic amines) is 1. The van der Waals surface area contributed by atoms with E-state index in [1.54, 1.807) is 0 Å². The van der Waals surface area contributed by atoms with Gasteiger partial charge in [-0.3, -0.25) is 4.79 Å². The third kappa shape index (κ3) is 2.66. The summed E-state index contributed by atoms with van der Waals surface area (Å²) in [5, 5.41) is 0. The quantitative estimate of drug-likeness (QED) is 0.768. The van der Waals surface area contributed by atoms with Crippen molar-refractivity contribution in [3.8, 4) is 0 Å². The first-order valence-corrected chi connectivity index (χ1v) is 7.28. The number of hydrogen-bond donors (Lipinski definition) is 0. The molecule has 0 aliphatic carbocycles. The zero-order valence-corrected chi connectivity index (χ0v) is 11.6. The molecular formula is C16H22N2O. The van der Waals surface area contributed by atoms with Gasteiger partial charge in [0.15, 0.2) is 0 Å². The predicted molar refractivity (Wildman–Crippen MR) is 75.8 cm³/mol. The minimum absolute atomic E-state index is 0.212. The van der Waals surface area contributed by atoms with Gasteiger partial charge in [0, 0.05) is 19.6 Å². The first kappa shape index (κ1) is 12.7. The maximum Gasteiger partial charge on any atom is 0.227 e. The highest BCUT2D eigenvalue weighted by Crippen LogP contribution is 2.23. The van der Waals surface area contributed by atoms with Gasteiger partial charge in [0.25, 0.3) is 0 Å². The smallest absolute Gasteiger partial charge is 0.227 e. The summed E-state index contributed by atoms with van der Waals surface area (Å²) in [6.45, 7) is 3.74. The number of rotatable bonds is 1. The average molecular weight is 258 g/mol. The molecule has 2 aliphatic rings. The van der Waals surface area contributed by atoms with Gasteiger partial charge in [0.1, 0.15) is 0 Å². The van der Waals surface area contributed by atoms with Gasteiger partial charge in [-0.25, -0.2) is 0 Å². The van der Waals surface area contributed by atoms with Crippen LogP contribution in [-0.2, 0) is 17.8 Å². The zero-order valence-electron chi connectivity index (χ0n) is 11.6. The molecule has 102 valence electrons. The van der Waals surface area contributed by atoms with Gasteiger partial charge >= 0.3 is 0 Å². The first-order chi connectivity index (χ1) is 9.24. The monoisotopic (exact) mass is 258 g/mol. The fraction of sp³-hybridized carbons (Fsp3) is 0.562. The largest absolute Gasteiger partial charge is 0.338 e. The zero-order chi connectivity index (χ0) is 13.2. The molecule has 3 heteroatoms. The van der Waals surface area contributed by atoms with E-state index < -0.39 is 0 Å². The van der Waals surface area contributed by atoms with E-state index in [2.05, 4.69) is 41.1 Å². The van der Waals surface area contributed by atoms with Crippen LogP contribution in [0.4, 0.5) is 0 Å². The molecule has 0 aromatic heterocycles. The molecule has 1 atom stereocenters. The summed E-state index contributed by atoms with van der Waals surface area (Å²) < 4.78 is 0. The Balaban J connectivity index is 1.69. The van der Waals surface area contributed by atoms with Crippen LogP contribution in [0.5, 0.6) is 0 Å². The second-order valence-electron chi connectivity index (χ2n) is 5.88. The molecular weight excluding hydrogens is 236 g/mol. The van der Waals surface area contributed by atoms with E-state index in [0.717, 1.165) is 45.4 Å². The Bertz CT molecular complexity index is 472. The molecule has 0 radical (unpaired) electrons. The molecule has 1 aromatic carbocycles. The topological polar surface area (TPSA) is 23.6 Å². The number of hydrogen-bond acceptors (Lipinski definition) is 2. The standard InChI is InChI=1S/C16H22N2O/c1-17-9-4-7-15(11-17)16(19)18-10-8-13-5-2-3-6-14(13)12-18/h2-3,5-6,15H,4,7-12H2,1H3/t15-/m0/s1. The number of nitrogens with zero attached hydrogens (tertiary/aromatic N) is 2. The third-order valence-electron chi connectivity index (χ3n) is 4.42. The fourth-order valence-electron chi connectivity index (χ4n) is 3.31. The van der Waals surface area contributed by atoms with E-state index in [-0.39, 0.29) is 5.92 Å². The summed E-state index contributed by atoms with van der Waals surface area (Å²) in [7, 11) is 2.12. The highest BCUT2D eigenvalue weighted by molar-refractivity contribution is 5.79. The number of carbonyl (C=O) groups excluding carboxylic acids is 1. The van der Waals surface area contributed by atoms with Crippen LogP contribution in [0.1, 0.15) is 24.0 Å². The van der Waals surface area contributed by atoms with Gasteiger partial charge in [0.2, 0.25) is 5.91 Å². The average Bonchev–Trinajstić information content (AvgIpc) is 2.46. The van der Waals surface area contributed by atoms with Gasteiger partial charge < -0.3 is 9.80 Å². The van der Waals surface area contributed by atoms with E-state index in [1.807, 2.05) is 0 Å².